The molecule has 0 bridgehead atoms. The van der Waals surface area contributed by atoms with Gasteiger partial charge in [-0.3, -0.25) is 0 Å². The molecular formula is C10H22ClNOS. The number of nitrogens with one attached hydrogen (secondary N) is 1. The van der Waals surface area contributed by atoms with E-state index < -0.39 is 11.0 Å². The molecule has 4 heteroatoms. The van der Waals surface area contributed by atoms with Crippen molar-refractivity contribution in [1.29, 1.82) is 0 Å². The van der Waals surface area contributed by atoms with Gasteiger partial charge in [-0.15, -0.1) is 11.6 Å². The first kappa shape index (κ1) is 14.4. The molecule has 86 valence electrons. The number of hydrogen-bond donors (Lipinski definition) is 1. The highest BCUT2D eigenvalue weighted by Crippen LogP contribution is 2.11. The molecule has 2 atom stereocenters. The lowest BCUT2D eigenvalue weighted by atomic mass is 10.2. The average molecular weight is 240 g/mol. The van der Waals surface area contributed by atoms with Gasteiger partial charge in [0.05, 0.1) is 15.7 Å². The molecule has 1 N–H and O–H groups in total. The second kappa shape index (κ2) is 6.81. The molecule has 0 amide bonds. The summed E-state index contributed by atoms with van der Waals surface area (Å²) in [7, 11) is -1.01. The minimum Gasteiger partial charge on any atom is -0.242 e. The Bertz CT molecular complexity index is 179. The summed E-state index contributed by atoms with van der Waals surface area (Å²) in [5.41, 5.74) is 0. The Morgan fingerprint density at radius 2 is 2.00 bits per heavy atom. The van der Waals surface area contributed by atoms with Gasteiger partial charge in [-0.2, -0.15) is 0 Å². The molecule has 0 aliphatic carbocycles. The number of unbranched alkanes of at least 4 members (excludes halogenated alkanes) is 1. The smallest absolute Gasteiger partial charge is 0.0973 e. The van der Waals surface area contributed by atoms with Gasteiger partial charge in [-0.1, -0.05) is 19.8 Å². The van der Waals surface area contributed by atoms with E-state index in [1.165, 1.54) is 0 Å². The summed E-state index contributed by atoms with van der Waals surface area (Å²) in [5, 5.41) is 0. The Kier molecular flexibility index (Phi) is 7.00. The van der Waals surface area contributed by atoms with Crippen LogP contribution in [0, 0.1) is 0 Å². The number of rotatable bonds is 6. The van der Waals surface area contributed by atoms with Gasteiger partial charge in [0.25, 0.3) is 0 Å². The maximum atomic E-state index is 11.7. The van der Waals surface area contributed by atoms with Crippen LogP contribution >= 0.6 is 11.6 Å². The molecule has 0 aliphatic rings. The Morgan fingerprint density at radius 3 is 2.36 bits per heavy atom. The third-order valence-corrected chi connectivity index (χ3v) is 3.95. The van der Waals surface area contributed by atoms with Gasteiger partial charge in [0.2, 0.25) is 0 Å². The summed E-state index contributed by atoms with van der Waals surface area (Å²) in [6.45, 7) is 8.02. The highest BCUT2D eigenvalue weighted by molar-refractivity contribution is 7.84. The van der Waals surface area contributed by atoms with E-state index in [9.17, 15) is 4.21 Å². The van der Waals surface area contributed by atoms with E-state index >= 15 is 0 Å². The van der Waals surface area contributed by atoms with Crippen LogP contribution in [0.4, 0.5) is 0 Å². The van der Waals surface area contributed by atoms with Crippen molar-refractivity contribution in [3.8, 4) is 0 Å². The van der Waals surface area contributed by atoms with Gasteiger partial charge in [0.15, 0.2) is 0 Å². The van der Waals surface area contributed by atoms with Crippen molar-refractivity contribution in [2.75, 3.05) is 5.88 Å². The van der Waals surface area contributed by atoms with Crippen molar-refractivity contribution >= 4 is 22.6 Å². The van der Waals surface area contributed by atoms with Crippen molar-refractivity contribution in [3.63, 3.8) is 0 Å². The zero-order valence-corrected chi connectivity index (χ0v) is 11.2. The van der Waals surface area contributed by atoms with E-state index in [2.05, 4.69) is 11.6 Å². The first-order valence-corrected chi connectivity index (χ1v) is 6.84. The number of alkyl halides is 1. The molecule has 0 aromatic heterocycles. The second-order valence-corrected chi connectivity index (χ2v) is 6.80. The Hall–Kier alpha value is 0.400. The molecule has 2 nitrogen and oxygen atoms in total. The lowest BCUT2D eigenvalue weighted by Gasteiger charge is -2.22. The molecule has 0 spiro atoms. The first-order chi connectivity index (χ1) is 6.41. The maximum absolute atomic E-state index is 11.7. The predicted molar refractivity (Wildman–Crippen MR) is 65.1 cm³/mol. The zero-order valence-electron chi connectivity index (χ0n) is 9.60. The van der Waals surface area contributed by atoms with Gasteiger partial charge in [-0.25, -0.2) is 8.93 Å². The fraction of sp³-hybridized carbons (Fsp3) is 1.00. The first-order valence-electron chi connectivity index (χ1n) is 5.15. The highest BCUT2D eigenvalue weighted by Gasteiger charge is 2.21. The molecule has 14 heavy (non-hydrogen) atoms. The summed E-state index contributed by atoms with van der Waals surface area (Å²) in [4.78, 5) is 0. The van der Waals surface area contributed by atoms with E-state index in [0.717, 1.165) is 19.3 Å². The maximum Gasteiger partial charge on any atom is 0.0973 e. The summed E-state index contributed by atoms with van der Waals surface area (Å²) in [6.07, 6.45) is 3.28. The van der Waals surface area contributed by atoms with Crippen LogP contribution in [0.3, 0.4) is 0 Å². The topological polar surface area (TPSA) is 29.1 Å². The van der Waals surface area contributed by atoms with Crippen molar-refractivity contribution in [2.45, 2.75) is 57.7 Å². The van der Waals surface area contributed by atoms with Crippen molar-refractivity contribution in [1.82, 2.24) is 4.72 Å². The average Bonchev–Trinajstić information content (AvgIpc) is 2.10. The van der Waals surface area contributed by atoms with Crippen LogP contribution in [0.25, 0.3) is 0 Å². The number of hydrogen-bond acceptors (Lipinski definition) is 1. The predicted octanol–water partition coefficient (Wildman–Crippen LogP) is 2.84. The summed E-state index contributed by atoms with van der Waals surface area (Å²) in [6, 6.07) is 0.177. The van der Waals surface area contributed by atoms with Crippen LogP contribution in [0.1, 0.15) is 47.0 Å². The molecular weight excluding hydrogens is 218 g/mol. The van der Waals surface area contributed by atoms with Crippen LogP contribution in [-0.4, -0.2) is 20.9 Å². The molecule has 0 saturated heterocycles. The van der Waals surface area contributed by atoms with Gasteiger partial charge in [-0.05, 0) is 27.2 Å². The Balaban J connectivity index is 3.99. The molecule has 0 aliphatic heterocycles. The molecule has 0 aromatic carbocycles. The van der Waals surface area contributed by atoms with E-state index in [-0.39, 0.29) is 10.8 Å². The summed E-state index contributed by atoms with van der Waals surface area (Å²) < 4.78 is 14.6. The van der Waals surface area contributed by atoms with Crippen molar-refractivity contribution in [2.24, 2.45) is 0 Å². The van der Waals surface area contributed by atoms with Gasteiger partial charge >= 0.3 is 0 Å². The molecule has 0 fully saturated rings. The van der Waals surface area contributed by atoms with E-state index in [0.29, 0.717) is 5.88 Å². The fourth-order valence-electron chi connectivity index (χ4n) is 0.946. The molecule has 0 saturated carbocycles. The Morgan fingerprint density at radius 1 is 1.43 bits per heavy atom. The van der Waals surface area contributed by atoms with Crippen molar-refractivity contribution < 1.29 is 4.21 Å². The monoisotopic (exact) mass is 239 g/mol. The van der Waals surface area contributed by atoms with Crippen LogP contribution in [0.5, 0.6) is 0 Å². The van der Waals surface area contributed by atoms with Crippen LogP contribution in [0.2, 0.25) is 0 Å². The van der Waals surface area contributed by atoms with Crippen LogP contribution in [0.15, 0.2) is 0 Å². The minimum absolute atomic E-state index is 0.177. The molecule has 0 rings (SSSR count). The summed E-state index contributed by atoms with van der Waals surface area (Å²) in [5.74, 6) is 0.530. The van der Waals surface area contributed by atoms with E-state index in [1.54, 1.807) is 0 Å². The largest absolute Gasteiger partial charge is 0.242 e. The minimum atomic E-state index is -1.01. The normalized spacial score (nSPS) is 16.6. The Labute approximate surface area is 95.4 Å². The van der Waals surface area contributed by atoms with Crippen molar-refractivity contribution in [3.05, 3.63) is 0 Å². The van der Waals surface area contributed by atoms with Gasteiger partial charge in [0, 0.05) is 11.9 Å². The lowest BCUT2D eigenvalue weighted by molar-refractivity contribution is 0.562. The highest BCUT2D eigenvalue weighted by atomic mass is 35.5. The van der Waals surface area contributed by atoms with E-state index in [4.69, 9.17) is 11.6 Å². The molecule has 0 radical (unpaired) electrons. The zero-order chi connectivity index (χ0) is 11.2. The van der Waals surface area contributed by atoms with E-state index in [1.807, 2.05) is 20.8 Å². The quantitative estimate of drug-likeness (QED) is 0.710. The number of halogens is 1. The lowest BCUT2D eigenvalue weighted by Crippen LogP contribution is -2.40. The summed E-state index contributed by atoms with van der Waals surface area (Å²) >= 11 is 5.80. The third-order valence-electron chi connectivity index (χ3n) is 1.92. The molecule has 0 aromatic rings. The SMILES string of the molecule is CCCCC(CCl)NS(=O)C(C)(C)C. The molecule has 2 unspecified atom stereocenters. The van der Waals surface area contributed by atoms with Gasteiger partial charge < -0.3 is 0 Å². The molecule has 0 heterocycles. The van der Waals surface area contributed by atoms with Gasteiger partial charge in [0.1, 0.15) is 0 Å². The van der Waals surface area contributed by atoms with Crippen LogP contribution in [-0.2, 0) is 11.0 Å². The standard InChI is InChI=1S/C10H22ClNOS/c1-5-6-7-9(8-11)12-14(13)10(2,3)4/h9,12H,5-8H2,1-4H3. The third kappa shape index (κ3) is 5.99. The fourth-order valence-corrected chi connectivity index (χ4v) is 2.13. The second-order valence-electron chi connectivity index (χ2n) is 4.49. The van der Waals surface area contributed by atoms with Crippen LogP contribution < -0.4 is 4.72 Å².